The molecule has 8 nitrogen and oxygen atoms in total. The molecule has 0 bridgehead atoms. The number of anilines is 1. The molecule has 2 unspecified atom stereocenters. The van der Waals surface area contributed by atoms with Crippen LogP contribution in [0, 0.1) is 39.0 Å². The highest BCUT2D eigenvalue weighted by atomic mass is 16.6. The number of hydrogen-bond acceptors (Lipinski definition) is 5. The third kappa shape index (κ3) is 8.43. The summed E-state index contributed by atoms with van der Waals surface area (Å²) < 4.78 is 5.46. The highest BCUT2D eigenvalue weighted by molar-refractivity contribution is 6.00. The van der Waals surface area contributed by atoms with E-state index in [0.29, 0.717) is 11.3 Å². The SMILES string of the molecule is Cc1ccc(C(C(=O)Nc2c(C)cccc2C)N(CC#N)C(=O)C(Cc2ccccc2)NC(=O)OC(C)(C)C)cc1C. The Kier molecular flexibility index (Phi) is 10.5. The van der Waals surface area contributed by atoms with Gasteiger partial charge in [-0.2, -0.15) is 5.26 Å². The van der Waals surface area contributed by atoms with Crippen molar-refractivity contribution in [2.75, 3.05) is 11.9 Å². The number of carbonyl (C=O) groups is 3. The predicted octanol–water partition coefficient (Wildman–Crippen LogP) is 6.09. The van der Waals surface area contributed by atoms with Gasteiger partial charge in [-0.05, 0) is 81.8 Å². The molecule has 0 saturated heterocycles. The zero-order chi connectivity index (χ0) is 31.0. The fourth-order valence-electron chi connectivity index (χ4n) is 4.68. The largest absolute Gasteiger partial charge is 0.444 e. The number of benzene rings is 3. The summed E-state index contributed by atoms with van der Waals surface area (Å²) in [6.07, 6.45) is -0.629. The Morgan fingerprint density at radius 3 is 2.10 bits per heavy atom. The fraction of sp³-hybridized carbons (Fsp3) is 0.353. The van der Waals surface area contributed by atoms with E-state index in [1.807, 2.05) is 88.4 Å². The molecule has 8 heteroatoms. The Balaban J connectivity index is 2.09. The monoisotopic (exact) mass is 568 g/mol. The third-order valence-electron chi connectivity index (χ3n) is 6.93. The van der Waals surface area contributed by atoms with Crippen molar-refractivity contribution in [2.45, 2.75) is 72.6 Å². The van der Waals surface area contributed by atoms with Crippen LogP contribution < -0.4 is 10.6 Å². The van der Waals surface area contributed by atoms with Crippen LogP contribution in [0.15, 0.2) is 66.7 Å². The van der Waals surface area contributed by atoms with Crippen LogP contribution in [0.5, 0.6) is 0 Å². The Hall–Kier alpha value is -4.64. The molecule has 3 rings (SSSR count). The van der Waals surface area contributed by atoms with Gasteiger partial charge in [0.1, 0.15) is 24.2 Å². The molecule has 0 saturated carbocycles. The van der Waals surface area contributed by atoms with E-state index in [4.69, 9.17) is 4.74 Å². The van der Waals surface area contributed by atoms with Gasteiger partial charge in [0, 0.05) is 12.1 Å². The van der Waals surface area contributed by atoms with E-state index in [9.17, 15) is 19.6 Å². The Morgan fingerprint density at radius 1 is 0.881 bits per heavy atom. The molecule has 2 N–H and O–H groups in total. The van der Waals surface area contributed by atoms with Crippen molar-refractivity contribution in [3.05, 3.63) is 100 Å². The third-order valence-corrected chi connectivity index (χ3v) is 6.93. The first kappa shape index (κ1) is 31.9. The first-order chi connectivity index (χ1) is 19.8. The van der Waals surface area contributed by atoms with E-state index < -0.39 is 35.6 Å². The lowest BCUT2D eigenvalue weighted by Crippen LogP contribution is -2.53. The van der Waals surface area contributed by atoms with E-state index >= 15 is 0 Å². The lowest BCUT2D eigenvalue weighted by molar-refractivity contribution is -0.140. The van der Waals surface area contributed by atoms with Crippen molar-refractivity contribution in [3.8, 4) is 6.07 Å². The van der Waals surface area contributed by atoms with E-state index in [0.717, 1.165) is 27.8 Å². The minimum atomic E-state index is -1.14. The van der Waals surface area contributed by atoms with Gasteiger partial charge in [0.15, 0.2) is 0 Å². The summed E-state index contributed by atoms with van der Waals surface area (Å²) in [5.41, 5.74) is 4.92. The smallest absolute Gasteiger partial charge is 0.408 e. The highest BCUT2D eigenvalue weighted by Crippen LogP contribution is 2.28. The van der Waals surface area contributed by atoms with Crippen LogP contribution in [0.3, 0.4) is 0 Å². The second-order valence-corrected chi connectivity index (χ2v) is 11.5. The molecular weight excluding hydrogens is 528 g/mol. The van der Waals surface area contributed by atoms with Gasteiger partial charge in [0.25, 0.3) is 5.91 Å². The molecule has 3 amide bonds. The quantitative estimate of drug-likeness (QED) is 0.304. The molecule has 0 fully saturated rings. The van der Waals surface area contributed by atoms with Crippen molar-refractivity contribution in [2.24, 2.45) is 0 Å². The molecule has 0 aliphatic rings. The Bertz CT molecular complexity index is 1450. The summed E-state index contributed by atoms with van der Waals surface area (Å²) >= 11 is 0. The summed E-state index contributed by atoms with van der Waals surface area (Å²) in [7, 11) is 0. The molecule has 0 aliphatic heterocycles. The summed E-state index contributed by atoms with van der Waals surface area (Å²) in [6, 6.07) is 20.3. The number of carbonyl (C=O) groups excluding carboxylic acids is 3. The topological polar surface area (TPSA) is 112 Å². The average Bonchev–Trinajstić information content (AvgIpc) is 2.91. The standard InChI is InChI=1S/C34H40N4O4/c1-22-16-17-27(20-25(22)4)30(31(39)37-29-23(2)12-11-13-24(29)3)38(19-18-35)32(40)28(21-26-14-9-8-10-15-26)36-33(41)42-34(5,6)7/h8-17,20,28,30H,19,21H2,1-7H3,(H,36,41)(H,37,39). The molecule has 42 heavy (non-hydrogen) atoms. The zero-order valence-electron chi connectivity index (χ0n) is 25.4. The highest BCUT2D eigenvalue weighted by Gasteiger charge is 2.37. The summed E-state index contributed by atoms with van der Waals surface area (Å²) in [5, 5.41) is 15.6. The lowest BCUT2D eigenvalue weighted by atomic mass is 9.97. The molecule has 3 aromatic carbocycles. The van der Waals surface area contributed by atoms with Crippen LogP contribution in [0.2, 0.25) is 0 Å². The molecule has 0 radical (unpaired) electrons. The van der Waals surface area contributed by atoms with Crippen molar-refractivity contribution in [1.29, 1.82) is 5.26 Å². The van der Waals surface area contributed by atoms with Crippen LogP contribution in [-0.4, -0.2) is 41.0 Å². The maximum absolute atomic E-state index is 14.3. The number of amides is 3. The van der Waals surface area contributed by atoms with Crippen LogP contribution in [0.1, 0.15) is 60.2 Å². The van der Waals surface area contributed by atoms with E-state index in [2.05, 4.69) is 16.7 Å². The Labute approximate surface area is 248 Å². The van der Waals surface area contributed by atoms with E-state index in [-0.39, 0.29) is 13.0 Å². The van der Waals surface area contributed by atoms with Gasteiger partial charge in [-0.1, -0.05) is 66.7 Å². The summed E-state index contributed by atoms with van der Waals surface area (Å²) in [6.45, 7) is 12.5. The van der Waals surface area contributed by atoms with Gasteiger partial charge >= 0.3 is 6.09 Å². The van der Waals surface area contributed by atoms with E-state index in [1.165, 1.54) is 4.90 Å². The second kappa shape index (κ2) is 13.8. The first-order valence-electron chi connectivity index (χ1n) is 14.0. The van der Waals surface area contributed by atoms with E-state index in [1.54, 1.807) is 26.8 Å². The van der Waals surface area contributed by atoms with Gasteiger partial charge in [-0.25, -0.2) is 4.79 Å². The molecule has 3 aromatic rings. The number of nitrogens with zero attached hydrogens (tertiary/aromatic N) is 2. The lowest BCUT2D eigenvalue weighted by Gasteiger charge is -2.33. The molecule has 0 heterocycles. The van der Waals surface area contributed by atoms with Crippen molar-refractivity contribution in [1.82, 2.24) is 10.2 Å². The first-order valence-corrected chi connectivity index (χ1v) is 14.0. The predicted molar refractivity (Wildman–Crippen MR) is 164 cm³/mol. The molecular formula is C34H40N4O4. The number of hydrogen-bond donors (Lipinski definition) is 2. The molecule has 0 spiro atoms. The van der Waals surface area contributed by atoms with Gasteiger partial charge < -0.3 is 20.3 Å². The maximum atomic E-state index is 14.3. The van der Waals surface area contributed by atoms with Crippen molar-refractivity contribution < 1.29 is 19.1 Å². The number of nitriles is 1. The fourth-order valence-corrected chi connectivity index (χ4v) is 4.68. The number of alkyl carbamates (subject to hydrolysis) is 1. The summed E-state index contributed by atoms with van der Waals surface area (Å²) in [5.74, 6) is -1.04. The van der Waals surface area contributed by atoms with Crippen LogP contribution in [-0.2, 0) is 20.7 Å². The number of rotatable bonds is 9. The minimum absolute atomic E-state index is 0.138. The molecule has 2 atom stereocenters. The Morgan fingerprint density at radius 2 is 1.52 bits per heavy atom. The zero-order valence-corrected chi connectivity index (χ0v) is 25.4. The van der Waals surface area contributed by atoms with Gasteiger partial charge in [-0.15, -0.1) is 0 Å². The molecule has 0 aromatic heterocycles. The number of ether oxygens (including phenoxy) is 1. The number of para-hydroxylation sites is 1. The average molecular weight is 569 g/mol. The number of nitrogens with one attached hydrogen (secondary N) is 2. The van der Waals surface area contributed by atoms with Gasteiger partial charge in [0.05, 0.1) is 6.07 Å². The maximum Gasteiger partial charge on any atom is 0.408 e. The van der Waals surface area contributed by atoms with Gasteiger partial charge in [0.2, 0.25) is 5.91 Å². The molecule has 220 valence electrons. The van der Waals surface area contributed by atoms with Crippen LogP contribution in [0.4, 0.5) is 10.5 Å². The van der Waals surface area contributed by atoms with Gasteiger partial charge in [-0.3, -0.25) is 9.59 Å². The van der Waals surface area contributed by atoms with Crippen LogP contribution in [0.25, 0.3) is 0 Å². The summed E-state index contributed by atoms with van der Waals surface area (Å²) in [4.78, 5) is 42.5. The second-order valence-electron chi connectivity index (χ2n) is 11.5. The van der Waals surface area contributed by atoms with Crippen molar-refractivity contribution >= 4 is 23.6 Å². The van der Waals surface area contributed by atoms with Crippen LogP contribution >= 0.6 is 0 Å². The molecule has 0 aliphatic carbocycles. The van der Waals surface area contributed by atoms with Crippen molar-refractivity contribution in [3.63, 3.8) is 0 Å². The normalized spacial score (nSPS) is 12.4. The number of aryl methyl sites for hydroxylation is 4. The minimum Gasteiger partial charge on any atom is -0.444 e.